The molecule has 8 nitrogen and oxygen atoms in total. The molecule has 1 amide bonds. The van der Waals surface area contributed by atoms with E-state index in [-0.39, 0.29) is 5.69 Å². The lowest BCUT2D eigenvalue weighted by atomic mass is 10.2. The number of halogens is 2. The molecule has 3 aromatic rings. The summed E-state index contributed by atoms with van der Waals surface area (Å²) in [6.45, 7) is 0.302. The number of hydrogen-bond donors (Lipinski definition) is 1. The summed E-state index contributed by atoms with van der Waals surface area (Å²) in [5.74, 6) is -0.837. The number of benzene rings is 1. The molecule has 0 saturated carbocycles. The maximum Gasteiger partial charge on any atom is 0.285 e. The summed E-state index contributed by atoms with van der Waals surface area (Å²) < 4.78 is 25.1. The number of amides is 1. The number of pyridine rings is 1. The monoisotopic (exact) mass is 525 g/mol. The van der Waals surface area contributed by atoms with Crippen molar-refractivity contribution in [3.63, 3.8) is 0 Å². The van der Waals surface area contributed by atoms with Gasteiger partial charge in [-0.15, -0.1) is 0 Å². The van der Waals surface area contributed by atoms with E-state index in [4.69, 9.17) is 16.9 Å². The molecule has 1 N–H and O–H groups in total. The topological polar surface area (TPSA) is 116 Å². The number of sulfonamides is 1. The lowest BCUT2D eigenvalue weighted by Gasteiger charge is -2.21. The van der Waals surface area contributed by atoms with E-state index >= 15 is 0 Å². The highest BCUT2D eigenvalue weighted by Gasteiger charge is 2.23. The molecule has 2 aromatic heterocycles. The second kappa shape index (κ2) is 9.09. The summed E-state index contributed by atoms with van der Waals surface area (Å²) in [6.07, 6.45) is 2.41. The van der Waals surface area contributed by atoms with Crippen molar-refractivity contribution in [1.29, 1.82) is 5.26 Å². The Morgan fingerprint density at radius 2 is 2.00 bits per heavy atom. The van der Waals surface area contributed by atoms with Gasteiger partial charge in [0.2, 0.25) is 10.0 Å². The first-order valence-corrected chi connectivity index (χ1v) is 12.1. The minimum absolute atomic E-state index is 0.0527. The fraction of sp³-hybridized carbons (Fsp3) is 0.111. The number of hydrogen-bond acceptors (Lipinski definition) is 8. The third-order valence-electron chi connectivity index (χ3n) is 3.72. The summed E-state index contributed by atoms with van der Waals surface area (Å²) in [5.41, 5.74) is 1.85. The Labute approximate surface area is 190 Å². The van der Waals surface area contributed by atoms with Crippen LogP contribution in [0.3, 0.4) is 0 Å². The molecule has 12 heteroatoms. The van der Waals surface area contributed by atoms with Crippen molar-refractivity contribution >= 4 is 65.6 Å². The van der Waals surface area contributed by atoms with Crippen molar-refractivity contribution in [1.82, 2.24) is 14.7 Å². The minimum Gasteiger partial charge on any atom is -0.312 e. The Balaban J connectivity index is 2.01. The molecule has 0 radical (unpaired) electrons. The largest absolute Gasteiger partial charge is 0.312 e. The molecular weight excluding hydrogens is 514 g/mol. The number of nitriles is 1. The van der Waals surface area contributed by atoms with Gasteiger partial charge in [-0.25, -0.2) is 18.1 Å². The number of carbonyl (C=O) groups is 1. The zero-order chi connectivity index (χ0) is 21.9. The molecule has 0 bridgehead atoms. The molecule has 2 heterocycles. The van der Waals surface area contributed by atoms with Crippen LogP contribution in [0.4, 0.5) is 10.8 Å². The van der Waals surface area contributed by atoms with Gasteiger partial charge in [0.1, 0.15) is 3.79 Å². The molecule has 1 aromatic carbocycles. The first-order chi connectivity index (χ1) is 14.2. The lowest BCUT2D eigenvalue weighted by Crippen LogP contribution is -2.30. The first-order valence-electron chi connectivity index (χ1n) is 8.23. The summed E-state index contributed by atoms with van der Waals surface area (Å²) in [6, 6.07) is 12.4. The highest BCUT2D eigenvalue weighted by atomic mass is 79.9. The van der Waals surface area contributed by atoms with E-state index in [0.717, 1.165) is 17.6 Å². The Morgan fingerprint density at radius 1 is 1.30 bits per heavy atom. The fourth-order valence-corrected chi connectivity index (χ4v) is 4.47. The molecule has 0 saturated heterocycles. The van der Waals surface area contributed by atoms with Crippen molar-refractivity contribution in [3.05, 3.63) is 68.4 Å². The number of nitrogens with zero attached hydrogens (tertiary/aromatic N) is 4. The molecular formula is C18H13BrClN5O3S2. The van der Waals surface area contributed by atoms with E-state index in [0.29, 0.717) is 37.4 Å². The SMILES string of the molecule is CS(=O)(=O)NC(=O)c1nc(N(Cc2ccc(Cl)cn2)c2ccc(C#N)cc2)sc1Br. The summed E-state index contributed by atoms with van der Waals surface area (Å²) in [5, 5.41) is 9.98. The van der Waals surface area contributed by atoms with E-state index in [1.165, 1.54) is 6.20 Å². The average molecular weight is 527 g/mol. The maximum atomic E-state index is 12.3. The Hall–Kier alpha value is -2.52. The number of carbonyl (C=O) groups excluding carboxylic acids is 1. The van der Waals surface area contributed by atoms with Gasteiger partial charge < -0.3 is 4.90 Å². The van der Waals surface area contributed by atoms with E-state index in [1.807, 2.05) is 4.72 Å². The van der Waals surface area contributed by atoms with Gasteiger partial charge in [-0.3, -0.25) is 9.78 Å². The van der Waals surface area contributed by atoms with Crippen molar-refractivity contribution < 1.29 is 13.2 Å². The zero-order valence-electron chi connectivity index (χ0n) is 15.3. The van der Waals surface area contributed by atoms with Crippen molar-refractivity contribution in [2.24, 2.45) is 0 Å². The molecule has 0 atom stereocenters. The normalized spacial score (nSPS) is 11.0. The van der Waals surface area contributed by atoms with E-state index < -0.39 is 15.9 Å². The van der Waals surface area contributed by atoms with Crippen LogP contribution in [-0.2, 0) is 16.6 Å². The predicted molar refractivity (Wildman–Crippen MR) is 118 cm³/mol. The number of nitrogens with one attached hydrogen (secondary N) is 1. The number of aromatic nitrogens is 2. The van der Waals surface area contributed by atoms with E-state index in [9.17, 15) is 13.2 Å². The van der Waals surface area contributed by atoms with Crippen LogP contribution in [0.25, 0.3) is 0 Å². The Bertz CT molecular complexity index is 1220. The second-order valence-corrected chi connectivity index (χ2v) is 10.5. The van der Waals surface area contributed by atoms with Gasteiger partial charge in [0.25, 0.3) is 5.91 Å². The molecule has 0 aliphatic rings. The summed E-state index contributed by atoms with van der Waals surface area (Å²) in [4.78, 5) is 22.7. The van der Waals surface area contributed by atoms with Crippen LogP contribution in [0.15, 0.2) is 46.4 Å². The standard InChI is InChI=1S/C18H13BrClN5O3S2/c1-30(27,28)24-17(26)15-16(19)29-18(23-15)25(10-13-5-4-12(20)9-22-13)14-6-2-11(8-21)3-7-14/h2-7,9H,10H2,1H3,(H,24,26). The van der Waals surface area contributed by atoms with E-state index in [2.05, 4.69) is 32.0 Å². The van der Waals surface area contributed by atoms with Crippen LogP contribution in [0, 0.1) is 11.3 Å². The van der Waals surface area contributed by atoms with Crippen molar-refractivity contribution in [2.75, 3.05) is 11.2 Å². The van der Waals surface area contributed by atoms with Crippen LogP contribution in [0.5, 0.6) is 0 Å². The van der Waals surface area contributed by atoms with E-state index in [1.54, 1.807) is 41.3 Å². The highest BCUT2D eigenvalue weighted by molar-refractivity contribution is 9.11. The van der Waals surface area contributed by atoms with Crippen molar-refractivity contribution in [2.45, 2.75) is 6.54 Å². The smallest absolute Gasteiger partial charge is 0.285 e. The van der Waals surface area contributed by atoms with Gasteiger partial charge in [0.15, 0.2) is 10.8 Å². The molecule has 3 rings (SSSR count). The Kier molecular flexibility index (Phi) is 6.72. The van der Waals surface area contributed by atoms with Crippen LogP contribution >= 0.6 is 38.9 Å². The average Bonchev–Trinajstić information content (AvgIpc) is 3.08. The van der Waals surface area contributed by atoms with Crippen molar-refractivity contribution in [3.8, 4) is 6.07 Å². The summed E-state index contributed by atoms with van der Waals surface area (Å²) >= 11 is 10.4. The third-order valence-corrected chi connectivity index (χ3v) is 6.22. The molecule has 0 aliphatic carbocycles. The van der Waals surface area contributed by atoms with Crippen LogP contribution in [-0.4, -0.2) is 30.5 Å². The molecule has 0 aliphatic heterocycles. The van der Waals surface area contributed by atoms with Gasteiger partial charge in [-0.2, -0.15) is 5.26 Å². The van der Waals surface area contributed by atoms with Gasteiger partial charge in [0.05, 0.1) is 35.1 Å². The quantitative estimate of drug-likeness (QED) is 0.518. The fourth-order valence-electron chi connectivity index (χ4n) is 2.41. The van der Waals surface area contributed by atoms with Crippen LogP contribution in [0.2, 0.25) is 5.02 Å². The molecule has 0 fully saturated rings. The summed E-state index contributed by atoms with van der Waals surface area (Å²) in [7, 11) is -3.73. The lowest BCUT2D eigenvalue weighted by molar-refractivity contribution is 0.0977. The molecule has 154 valence electrons. The zero-order valence-corrected chi connectivity index (χ0v) is 19.3. The molecule has 30 heavy (non-hydrogen) atoms. The van der Waals surface area contributed by atoms with Gasteiger partial charge in [-0.05, 0) is 52.3 Å². The second-order valence-electron chi connectivity index (χ2n) is 6.03. The number of anilines is 2. The van der Waals surface area contributed by atoms with Gasteiger partial charge >= 0.3 is 0 Å². The third kappa shape index (κ3) is 5.54. The predicted octanol–water partition coefficient (Wildman–Crippen LogP) is 3.85. The number of rotatable bonds is 6. The van der Waals surface area contributed by atoms with Crippen LogP contribution < -0.4 is 9.62 Å². The highest BCUT2D eigenvalue weighted by Crippen LogP contribution is 2.36. The minimum atomic E-state index is -3.73. The molecule has 0 spiro atoms. The first kappa shape index (κ1) is 22.2. The van der Waals surface area contributed by atoms with Crippen LogP contribution in [0.1, 0.15) is 21.7 Å². The Morgan fingerprint density at radius 3 is 2.57 bits per heavy atom. The van der Waals surface area contributed by atoms with Gasteiger partial charge in [-0.1, -0.05) is 22.9 Å². The van der Waals surface area contributed by atoms with Gasteiger partial charge in [0, 0.05) is 11.9 Å². The maximum absolute atomic E-state index is 12.3. The number of thiazole rings is 1. The molecule has 0 unspecified atom stereocenters.